The van der Waals surface area contributed by atoms with Gasteiger partial charge in [0.25, 0.3) is 0 Å². The molecule has 3 N–H and O–H groups in total. The Morgan fingerprint density at radius 1 is 1.17 bits per heavy atom. The van der Waals surface area contributed by atoms with Crippen LogP contribution in [0.3, 0.4) is 0 Å². The van der Waals surface area contributed by atoms with E-state index in [4.69, 9.17) is 4.98 Å². The molecular formula is C18H24N6. The topological polar surface area (TPSA) is 65.1 Å². The van der Waals surface area contributed by atoms with Gasteiger partial charge in [0.1, 0.15) is 0 Å². The number of fused-ring (bicyclic) bond motifs is 1. The number of benzene rings is 1. The van der Waals surface area contributed by atoms with E-state index in [9.17, 15) is 0 Å². The minimum Gasteiger partial charge on any atom is -0.354 e. The summed E-state index contributed by atoms with van der Waals surface area (Å²) in [5.74, 6) is 1.25. The fraction of sp³-hybridized carbons (Fsp3) is 0.444. The molecule has 24 heavy (non-hydrogen) atoms. The molecular weight excluding hydrogens is 300 g/mol. The molecule has 1 aromatic carbocycles. The number of aromatic nitrogens is 2. The number of nitrogens with one attached hydrogen (secondary N) is 3. The van der Waals surface area contributed by atoms with Gasteiger partial charge < -0.3 is 10.2 Å². The van der Waals surface area contributed by atoms with Crippen molar-refractivity contribution in [2.75, 3.05) is 23.3 Å². The van der Waals surface area contributed by atoms with Gasteiger partial charge >= 0.3 is 0 Å². The summed E-state index contributed by atoms with van der Waals surface area (Å²) < 4.78 is 0. The van der Waals surface area contributed by atoms with E-state index in [2.05, 4.69) is 64.2 Å². The van der Waals surface area contributed by atoms with Crippen molar-refractivity contribution < 1.29 is 0 Å². The van der Waals surface area contributed by atoms with Gasteiger partial charge in [-0.2, -0.15) is 0 Å². The van der Waals surface area contributed by atoms with Crippen LogP contribution in [0.4, 0.5) is 17.3 Å². The van der Waals surface area contributed by atoms with Crippen molar-refractivity contribution in [3.05, 3.63) is 42.2 Å². The van der Waals surface area contributed by atoms with Crippen LogP contribution in [0.1, 0.15) is 19.5 Å². The SMILES string of the molecule is CC1NNC(C)C1CNc1ncc2c(n1)CCN2c1ccccc1. The summed E-state index contributed by atoms with van der Waals surface area (Å²) in [5, 5.41) is 3.41. The first-order valence-electron chi connectivity index (χ1n) is 8.66. The van der Waals surface area contributed by atoms with E-state index in [1.54, 1.807) is 0 Å². The highest BCUT2D eigenvalue weighted by Gasteiger charge is 2.29. The molecule has 2 atom stereocenters. The van der Waals surface area contributed by atoms with Gasteiger partial charge in [-0.3, -0.25) is 10.9 Å². The minimum atomic E-state index is 0.440. The van der Waals surface area contributed by atoms with Crippen LogP contribution in [0.2, 0.25) is 0 Å². The smallest absolute Gasteiger partial charge is 0.223 e. The third kappa shape index (κ3) is 2.83. The lowest BCUT2D eigenvalue weighted by molar-refractivity contribution is 0.465. The van der Waals surface area contributed by atoms with Crippen LogP contribution >= 0.6 is 0 Å². The summed E-state index contributed by atoms with van der Waals surface area (Å²) >= 11 is 0. The molecule has 2 aromatic rings. The highest BCUT2D eigenvalue weighted by atomic mass is 15.4. The number of hydrazine groups is 1. The van der Waals surface area contributed by atoms with Gasteiger partial charge in [-0.15, -0.1) is 0 Å². The first-order valence-corrected chi connectivity index (χ1v) is 8.66. The van der Waals surface area contributed by atoms with Crippen molar-refractivity contribution >= 4 is 17.3 Å². The molecule has 2 unspecified atom stereocenters. The number of para-hydroxylation sites is 1. The zero-order valence-electron chi connectivity index (χ0n) is 14.2. The average Bonchev–Trinajstić information content (AvgIpc) is 3.17. The lowest BCUT2D eigenvalue weighted by Crippen LogP contribution is -2.30. The largest absolute Gasteiger partial charge is 0.354 e. The van der Waals surface area contributed by atoms with Gasteiger partial charge in [0.15, 0.2) is 0 Å². The Hall–Kier alpha value is -2.18. The van der Waals surface area contributed by atoms with Crippen molar-refractivity contribution in [1.82, 2.24) is 20.8 Å². The number of anilines is 3. The predicted molar refractivity (Wildman–Crippen MR) is 96.4 cm³/mol. The lowest BCUT2D eigenvalue weighted by atomic mass is 9.97. The molecule has 1 saturated heterocycles. The zero-order valence-corrected chi connectivity index (χ0v) is 14.2. The maximum atomic E-state index is 4.74. The van der Waals surface area contributed by atoms with Crippen LogP contribution < -0.4 is 21.1 Å². The van der Waals surface area contributed by atoms with E-state index >= 15 is 0 Å². The Kier molecular flexibility index (Phi) is 4.08. The summed E-state index contributed by atoms with van der Waals surface area (Å²) in [6, 6.07) is 11.3. The monoisotopic (exact) mass is 324 g/mol. The average molecular weight is 324 g/mol. The standard InChI is InChI=1S/C18H24N6/c1-12-15(13(2)23-22-12)10-19-18-20-11-17-16(21-18)8-9-24(17)14-6-4-3-5-7-14/h3-7,11-13,15,22-23H,8-10H2,1-2H3,(H,19,20,21). The molecule has 3 heterocycles. The molecule has 0 amide bonds. The van der Waals surface area contributed by atoms with Gasteiger partial charge in [-0.1, -0.05) is 18.2 Å². The summed E-state index contributed by atoms with van der Waals surface area (Å²) in [6.45, 7) is 6.22. The molecule has 0 spiro atoms. The Labute approximate surface area is 142 Å². The van der Waals surface area contributed by atoms with Crippen LogP contribution in [0, 0.1) is 5.92 Å². The van der Waals surface area contributed by atoms with Crippen LogP contribution in [0.25, 0.3) is 0 Å². The molecule has 2 aliphatic rings. The second-order valence-electron chi connectivity index (χ2n) is 6.67. The Bertz CT molecular complexity index is 694. The third-order valence-corrected chi connectivity index (χ3v) is 5.10. The van der Waals surface area contributed by atoms with Crippen molar-refractivity contribution in [1.29, 1.82) is 0 Å². The molecule has 6 heteroatoms. The molecule has 4 rings (SSSR count). The van der Waals surface area contributed by atoms with Crippen LogP contribution in [-0.2, 0) is 6.42 Å². The normalized spacial score (nSPS) is 25.8. The lowest BCUT2D eigenvalue weighted by Gasteiger charge is -2.20. The van der Waals surface area contributed by atoms with E-state index in [1.807, 2.05) is 12.3 Å². The number of hydrogen-bond acceptors (Lipinski definition) is 6. The first-order chi connectivity index (χ1) is 11.7. The van der Waals surface area contributed by atoms with Crippen LogP contribution in [0.15, 0.2) is 36.5 Å². The van der Waals surface area contributed by atoms with Crippen molar-refractivity contribution in [3.8, 4) is 0 Å². The molecule has 2 aliphatic heterocycles. The van der Waals surface area contributed by atoms with E-state index in [0.717, 1.165) is 36.8 Å². The fourth-order valence-electron chi connectivity index (χ4n) is 3.59. The highest BCUT2D eigenvalue weighted by Crippen LogP contribution is 2.33. The van der Waals surface area contributed by atoms with Gasteiger partial charge in [-0.25, -0.2) is 9.97 Å². The molecule has 0 radical (unpaired) electrons. The Morgan fingerprint density at radius 3 is 2.67 bits per heavy atom. The molecule has 1 aromatic heterocycles. The summed E-state index contributed by atoms with van der Waals surface area (Å²) in [6.07, 6.45) is 2.91. The third-order valence-electron chi connectivity index (χ3n) is 5.10. The van der Waals surface area contributed by atoms with Crippen molar-refractivity contribution in [2.45, 2.75) is 32.4 Å². The van der Waals surface area contributed by atoms with Gasteiger partial charge in [0, 0.05) is 43.2 Å². The summed E-state index contributed by atoms with van der Waals surface area (Å²) in [4.78, 5) is 11.6. The Morgan fingerprint density at radius 2 is 1.92 bits per heavy atom. The predicted octanol–water partition coefficient (Wildman–Crippen LogP) is 2.08. The van der Waals surface area contributed by atoms with E-state index in [-0.39, 0.29) is 0 Å². The fourth-order valence-corrected chi connectivity index (χ4v) is 3.59. The van der Waals surface area contributed by atoms with Crippen molar-refractivity contribution in [2.24, 2.45) is 5.92 Å². The first kappa shape index (κ1) is 15.4. The number of hydrogen-bond donors (Lipinski definition) is 3. The molecule has 0 aliphatic carbocycles. The number of nitrogens with zero attached hydrogens (tertiary/aromatic N) is 3. The van der Waals surface area contributed by atoms with Gasteiger partial charge in [0.2, 0.25) is 5.95 Å². The second-order valence-corrected chi connectivity index (χ2v) is 6.67. The number of rotatable bonds is 4. The van der Waals surface area contributed by atoms with E-state index < -0.39 is 0 Å². The van der Waals surface area contributed by atoms with Crippen molar-refractivity contribution in [3.63, 3.8) is 0 Å². The zero-order chi connectivity index (χ0) is 16.5. The molecule has 0 saturated carbocycles. The quantitative estimate of drug-likeness (QED) is 0.800. The molecule has 6 nitrogen and oxygen atoms in total. The summed E-state index contributed by atoms with van der Waals surface area (Å²) in [5.41, 5.74) is 10.0. The highest BCUT2D eigenvalue weighted by molar-refractivity contribution is 5.68. The van der Waals surface area contributed by atoms with Crippen LogP contribution in [-0.4, -0.2) is 35.1 Å². The Balaban J connectivity index is 1.47. The maximum absolute atomic E-state index is 4.74. The van der Waals surface area contributed by atoms with Gasteiger partial charge in [0.05, 0.1) is 17.6 Å². The molecule has 0 bridgehead atoms. The molecule has 1 fully saturated rings. The van der Waals surface area contributed by atoms with E-state index in [1.165, 1.54) is 5.69 Å². The van der Waals surface area contributed by atoms with Crippen LogP contribution in [0.5, 0.6) is 0 Å². The van der Waals surface area contributed by atoms with E-state index in [0.29, 0.717) is 18.0 Å². The second kappa shape index (κ2) is 6.37. The van der Waals surface area contributed by atoms with Gasteiger partial charge in [-0.05, 0) is 26.0 Å². The summed E-state index contributed by atoms with van der Waals surface area (Å²) in [7, 11) is 0. The molecule has 126 valence electrons. The minimum absolute atomic E-state index is 0.440. The maximum Gasteiger partial charge on any atom is 0.223 e.